The van der Waals surface area contributed by atoms with Crippen LogP contribution < -0.4 is 10.2 Å². The number of hydrogen-bond acceptors (Lipinski definition) is 4. The molecule has 0 aromatic heterocycles. The number of halogens is 2. The highest BCUT2D eigenvalue weighted by atomic mass is 35.5. The van der Waals surface area contributed by atoms with Crippen LogP contribution in [0.3, 0.4) is 0 Å². The molecule has 108 valence electrons. The smallest absolute Gasteiger partial charge is 0.248 e. The summed E-state index contributed by atoms with van der Waals surface area (Å²) in [5, 5.41) is 3.13. The molecule has 0 unspecified atom stereocenters. The molecule has 2 aliphatic rings. The highest BCUT2D eigenvalue weighted by Crippen LogP contribution is 2.26. The first-order valence-corrected chi connectivity index (χ1v) is 6.65. The zero-order valence-corrected chi connectivity index (χ0v) is 11.9. The molecule has 0 radical (unpaired) electrons. The molecule has 0 saturated heterocycles. The van der Waals surface area contributed by atoms with Gasteiger partial charge in [-0.25, -0.2) is 4.39 Å². The van der Waals surface area contributed by atoms with Crippen molar-refractivity contribution in [1.29, 1.82) is 0 Å². The molecule has 1 N–H and O–H groups in total. The van der Waals surface area contributed by atoms with Crippen LogP contribution in [0.5, 0.6) is 0 Å². The zero-order chi connectivity index (χ0) is 15.0. The molecule has 2 heterocycles. The van der Waals surface area contributed by atoms with Gasteiger partial charge in [0.05, 0.1) is 5.69 Å². The number of nitrogens with zero attached hydrogens (tertiary/aromatic N) is 3. The van der Waals surface area contributed by atoms with Crippen molar-refractivity contribution in [3.63, 3.8) is 0 Å². The standard InChI is InChI=1S/C14H12ClFN4O/c1-19-11-6-17-12(15)8-20(14(11)18-7-13(19)21)10-5-3-2-4-9(10)16/h2-6,8,17H,7H2,1H3. The highest BCUT2D eigenvalue weighted by Gasteiger charge is 2.30. The van der Waals surface area contributed by atoms with Crippen LogP contribution in [-0.2, 0) is 4.79 Å². The third-order valence-corrected chi connectivity index (χ3v) is 3.46. The van der Waals surface area contributed by atoms with Gasteiger partial charge in [0.1, 0.15) is 23.2 Å². The number of hydrogen-bond donors (Lipinski definition) is 1. The predicted octanol–water partition coefficient (Wildman–Crippen LogP) is 1.98. The van der Waals surface area contributed by atoms with Crippen LogP contribution in [0, 0.1) is 5.82 Å². The number of fused-ring (bicyclic) bond motifs is 1. The van der Waals surface area contributed by atoms with E-state index in [1.807, 2.05) is 0 Å². The largest absolute Gasteiger partial charge is 0.349 e. The van der Waals surface area contributed by atoms with Crippen molar-refractivity contribution >= 4 is 29.0 Å². The van der Waals surface area contributed by atoms with E-state index in [4.69, 9.17) is 11.6 Å². The molecule has 0 fully saturated rings. The Morgan fingerprint density at radius 3 is 2.90 bits per heavy atom. The van der Waals surface area contributed by atoms with Crippen LogP contribution in [-0.4, -0.2) is 30.2 Å². The third-order valence-electron chi connectivity index (χ3n) is 3.26. The summed E-state index contributed by atoms with van der Waals surface area (Å²) in [7, 11) is 1.64. The number of anilines is 1. The number of carbonyl (C=O) groups is 1. The van der Waals surface area contributed by atoms with Crippen LogP contribution in [0.4, 0.5) is 10.1 Å². The minimum absolute atomic E-state index is 0.0135. The third kappa shape index (κ3) is 2.38. The van der Waals surface area contributed by atoms with Gasteiger partial charge in [-0.15, -0.1) is 0 Å². The first-order valence-electron chi connectivity index (χ1n) is 6.27. The molecule has 1 aromatic carbocycles. The van der Waals surface area contributed by atoms with Crippen molar-refractivity contribution in [2.24, 2.45) is 4.99 Å². The summed E-state index contributed by atoms with van der Waals surface area (Å²) in [5.41, 5.74) is 0.841. The van der Waals surface area contributed by atoms with E-state index in [-0.39, 0.29) is 12.5 Å². The molecule has 0 saturated carbocycles. The number of para-hydroxylation sites is 1. The van der Waals surface area contributed by atoms with E-state index in [1.165, 1.54) is 22.1 Å². The van der Waals surface area contributed by atoms with E-state index in [0.717, 1.165) is 0 Å². The number of carbonyl (C=O) groups excluding carboxylic acids is 1. The maximum Gasteiger partial charge on any atom is 0.248 e. The van der Waals surface area contributed by atoms with Crippen molar-refractivity contribution < 1.29 is 9.18 Å². The van der Waals surface area contributed by atoms with E-state index in [9.17, 15) is 9.18 Å². The Balaban J connectivity index is 2.15. The molecule has 2 aliphatic heterocycles. The van der Waals surface area contributed by atoms with Gasteiger partial charge < -0.3 is 10.2 Å². The quantitative estimate of drug-likeness (QED) is 0.807. The van der Waals surface area contributed by atoms with Crippen molar-refractivity contribution in [1.82, 2.24) is 10.2 Å². The monoisotopic (exact) mass is 306 g/mol. The fourth-order valence-electron chi connectivity index (χ4n) is 2.15. The number of nitrogens with one attached hydrogen (secondary N) is 1. The minimum atomic E-state index is -0.401. The van der Waals surface area contributed by atoms with Crippen molar-refractivity contribution in [2.75, 3.05) is 18.5 Å². The molecule has 1 amide bonds. The molecular formula is C14H12ClFN4O. The lowest BCUT2D eigenvalue weighted by Crippen LogP contribution is -2.42. The fourth-order valence-corrected chi connectivity index (χ4v) is 2.31. The van der Waals surface area contributed by atoms with Crippen LogP contribution in [0.15, 0.2) is 52.5 Å². The Labute approximate surface area is 126 Å². The van der Waals surface area contributed by atoms with E-state index in [0.29, 0.717) is 22.4 Å². The molecule has 1 aromatic rings. The molecule has 21 heavy (non-hydrogen) atoms. The number of aliphatic imine (C=N–C) groups is 1. The Hall–Kier alpha value is -2.34. The van der Waals surface area contributed by atoms with Gasteiger partial charge in [-0.3, -0.25) is 14.7 Å². The first kappa shape index (κ1) is 13.6. The summed E-state index contributed by atoms with van der Waals surface area (Å²) in [6.07, 6.45) is 3.11. The van der Waals surface area contributed by atoms with Gasteiger partial charge in [0.15, 0.2) is 5.84 Å². The number of amidine groups is 1. The first-order chi connectivity index (χ1) is 10.1. The van der Waals surface area contributed by atoms with E-state index >= 15 is 0 Å². The highest BCUT2D eigenvalue weighted by molar-refractivity contribution is 6.30. The minimum Gasteiger partial charge on any atom is -0.349 e. The lowest BCUT2D eigenvalue weighted by Gasteiger charge is -2.30. The van der Waals surface area contributed by atoms with Crippen LogP contribution in [0.1, 0.15) is 0 Å². The van der Waals surface area contributed by atoms with Gasteiger partial charge in [0.2, 0.25) is 5.91 Å². The van der Waals surface area contributed by atoms with Crippen molar-refractivity contribution in [3.05, 3.63) is 53.3 Å². The number of likely N-dealkylation sites (N-methyl/N-ethyl adjacent to an activating group) is 1. The second kappa shape index (κ2) is 5.21. The summed E-state index contributed by atoms with van der Waals surface area (Å²) in [4.78, 5) is 19.0. The molecule has 0 atom stereocenters. The van der Waals surface area contributed by atoms with E-state index in [2.05, 4.69) is 10.3 Å². The SMILES string of the molecule is CN1C(=O)CN=C2C1=CNC(Cl)=CN2c1ccccc1F. The molecule has 0 bridgehead atoms. The van der Waals surface area contributed by atoms with Crippen LogP contribution >= 0.6 is 11.6 Å². The second-order valence-corrected chi connectivity index (χ2v) is 4.97. The molecule has 7 heteroatoms. The molecule has 0 aliphatic carbocycles. The van der Waals surface area contributed by atoms with Gasteiger partial charge in [-0.2, -0.15) is 0 Å². The normalized spacial score (nSPS) is 18.2. The molecule has 5 nitrogen and oxygen atoms in total. The summed E-state index contributed by atoms with van der Waals surface area (Å²) >= 11 is 6.05. The predicted molar refractivity (Wildman–Crippen MR) is 79.1 cm³/mol. The lowest BCUT2D eigenvalue weighted by molar-refractivity contribution is -0.126. The lowest BCUT2D eigenvalue weighted by atomic mass is 10.2. The summed E-state index contributed by atoms with van der Waals surface area (Å²) in [6, 6.07) is 6.31. The second-order valence-electron chi connectivity index (χ2n) is 4.56. The van der Waals surface area contributed by atoms with Crippen molar-refractivity contribution in [2.45, 2.75) is 0 Å². The number of benzene rings is 1. The average molecular weight is 307 g/mol. The zero-order valence-electron chi connectivity index (χ0n) is 11.2. The Bertz CT molecular complexity index is 698. The van der Waals surface area contributed by atoms with Crippen LogP contribution in [0.25, 0.3) is 0 Å². The van der Waals surface area contributed by atoms with Gasteiger partial charge in [0.25, 0.3) is 0 Å². The topological polar surface area (TPSA) is 47.9 Å². The average Bonchev–Trinajstić information content (AvgIpc) is 2.63. The summed E-state index contributed by atoms with van der Waals surface area (Å²) in [5.74, 6) is -0.0784. The number of rotatable bonds is 1. The fraction of sp³-hybridized carbons (Fsp3) is 0.143. The van der Waals surface area contributed by atoms with E-state index < -0.39 is 5.82 Å². The Kier molecular flexibility index (Phi) is 3.39. The van der Waals surface area contributed by atoms with Gasteiger partial charge in [0, 0.05) is 19.4 Å². The van der Waals surface area contributed by atoms with Gasteiger partial charge in [-0.05, 0) is 12.1 Å². The van der Waals surface area contributed by atoms with Gasteiger partial charge in [-0.1, -0.05) is 23.7 Å². The summed E-state index contributed by atoms with van der Waals surface area (Å²) < 4.78 is 14.1. The Morgan fingerprint density at radius 2 is 2.14 bits per heavy atom. The van der Waals surface area contributed by atoms with E-state index in [1.54, 1.807) is 31.4 Å². The van der Waals surface area contributed by atoms with Crippen LogP contribution in [0.2, 0.25) is 0 Å². The maximum atomic E-state index is 14.1. The molecule has 3 rings (SSSR count). The summed E-state index contributed by atoms with van der Waals surface area (Å²) in [6.45, 7) is 0.0135. The molecule has 0 spiro atoms. The number of amides is 1. The maximum absolute atomic E-state index is 14.1. The van der Waals surface area contributed by atoms with Gasteiger partial charge >= 0.3 is 0 Å². The van der Waals surface area contributed by atoms with Crippen molar-refractivity contribution in [3.8, 4) is 0 Å². The Morgan fingerprint density at radius 1 is 1.38 bits per heavy atom. The molecular weight excluding hydrogens is 295 g/mol.